The number of rotatable bonds is 3. The van der Waals surface area contributed by atoms with Gasteiger partial charge in [0.25, 0.3) is 0 Å². The summed E-state index contributed by atoms with van der Waals surface area (Å²) >= 11 is 0. The van der Waals surface area contributed by atoms with Gasteiger partial charge in [-0.3, -0.25) is 0 Å². The average Bonchev–Trinajstić information content (AvgIpc) is 2.55. The van der Waals surface area contributed by atoms with Crippen molar-refractivity contribution in [3.8, 4) is 17.0 Å². The molecule has 0 aliphatic carbocycles. The third kappa shape index (κ3) is 2.31. The molecule has 21 heavy (non-hydrogen) atoms. The number of pyridine rings is 1. The lowest BCUT2D eigenvalue weighted by atomic mass is 10.0. The van der Waals surface area contributed by atoms with Crippen molar-refractivity contribution in [1.82, 2.24) is 4.98 Å². The van der Waals surface area contributed by atoms with E-state index in [1.807, 2.05) is 31.3 Å². The molecule has 0 saturated carbocycles. The fraction of sp³-hybridized carbons (Fsp3) is 0.167. The summed E-state index contributed by atoms with van der Waals surface area (Å²) in [5, 5.41) is 4.38. The number of anilines is 1. The summed E-state index contributed by atoms with van der Waals surface area (Å²) in [5.41, 5.74) is 5.18. The van der Waals surface area contributed by atoms with Crippen molar-refractivity contribution in [2.45, 2.75) is 6.92 Å². The van der Waals surface area contributed by atoms with Gasteiger partial charge in [0.1, 0.15) is 11.3 Å². The number of nitrogens with one attached hydrogen (secondary N) is 1. The topological polar surface area (TPSA) is 34.2 Å². The van der Waals surface area contributed by atoms with Crippen molar-refractivity contribution in [3.63, 3.8) is 0 Å². The highest BCUT2D eigenvalue weighted by Crippen LogP contribution is 2.35. The number of aryl methyl sites for hydroxylation is 1. The van der Waals surface area contributed by atoms with Crippen LogP contribution in [0.1, 0.15) is 5.56 Å². The Bertz CT molecular complexity index is 782. The predicted molar refractivity (Wildman–Crippen MR) is 88.0 cm³/mol. The van der Waals surface area contributed by atoms with Crippen molar-refractivity contribution in [3.05, 3.63) is 54.1 Å². The predicted octanol–water partition coefficient (Wildman–Crippen LogP) is 4.26. The molecule has 0 spiro atoms. The number of ether oxygens (including phenoxy) is 1. The summed E-state index contributed by atoms with van der Waals surface area (Å²) in [6, 6.07) is 16.3. The maximum atomic E-state index is 5.48. The van der Waals surface area contributed by atoms with Gasteiger partial charge >= 0.3 is 0 Å². The van der Waals surface area contributed by atoms with Gasteiger partial charge in [-0.05, 0) is 24.6 Å². The van der Waals surface area contributed by atoms with Crippen LogP contribution in [-0.2, 0) is 0 Å². The van der Waals surface area contributed by atoms with Crippen molar-refractivity contribution in [2.24, 2.45) is 0 Å². The molecule has 0 aliphatic heterocycles. The van der Waals surface area contributed by atoms with Gasteiger partial charge in [-0.15, -0.1) is 0 Å². The van der Waals surface area contributed by atoms with Crippen molar-refractivity contribution < 1.29 is 4.74 Å². The zero-order valence-electron chi connectivity index (χ0n) is 12.5. The van der Waals surface area contributed by atoms with E-state index in [1.54, 1.807) is 7.11 Å². The van der Waals surface area contributed by atoms with Crippen LogP contribution in [0.2, 0.25) is 0 Å². The highest BCUT2D eigenvalue weighted by molar-refractivity contribution is 5.99. The van der Waals surface area contributed by atoms with Crippen LogP contribution in [-0.4, -0.2) is 19.1 Å². The minimum atomic E-state index is 0.796. The Balaban J connectivity index is 2.35. The molecule has 2 aromatic carbocycles. The SMILES string of the molecule is CNc1cc(-c2ccccc2)nc2c(OC)ccc(C)c12. The highest BCUT2D eigenvalue weighted by atomic mass is 16.5. The molecule has 0 unspecified atom stereocenters. The van der Waals surface area contributed by atoms with E-state index in [2.05, 4.69) is 36.5 Å². The summed E-state index contributed by atoms with van der Waals surface area (Å²) < 4.78 is 5.48. The third-order valence-corrected chi connectivity index (χ3v) is 3.69. The number of nitrogens with zero attached hydrogens (tertiary/aromatic N) is 1. The first-order valence-electron chi connectivity index (χ1n) is 6.96. The van der Waals surface area contributed by atoms with Gasteiger partial charge in [-0.2, -0.15) is 0 Å². The molecule has 3 nitrogen and oxygen atoms in total. The van der Waals surface area contributed by atoms with Crippen molar-refractivity contribution in [1.29, 1.82) is 0 Å². The maximum Gasteiger partial charge on any atom is 0.145 e. The number of aromatic nitrogens is 1. The summed E-state index contributed by atoms with van der Waals surface area (Å²) in [7, 11) is 3.61. The van der Waals surface area contributed by atoms with Crippen LogP contribution < -0.4 is 10.1 Å². The molecule has 0 bridgehead atoms. The molecule has 3 aromatic rings. The molecule has 0 saturated heterocycles. The van der Waals surface area contributed by atoms with Crippen LogP contribution in [0.5, 0.6) is 5.75 Å². The highest BCUT2D eigenvalue weighted by Gasteiger charge is 2.12. The molecule has 3 rings (SSSR count). The van der Waals surface area contributed by atoms with E-state index in [-0.39, 0.29) is 0 Å². The van der Waals surface area contributed by atoms with Gasteiger partial charge in [0.05, 0.1) is 12.8 Å². The molecule has 3 heteroatoms. The molecule has 0 radical (unpaired) electrons. The van der Waals surface area contributed by atoms with E-state index in [1.165, 1.54) is 5.56 Å². The lowest BCUT2D eigenvalue weighted by Gasteiger charge is -2.14. The zero-order chi connectivity index (χ0) is 14.8. The van der Waals surface area contributed by atoms with Crippen LogP contribution in [0.25, 0.3) is 22.2 Å². The summed E-state index contributed by atoms with van der Waals surface area (Å²) in [6.45, 7) is 2.09. The summed E-state index contributed by atoms with van der Waals surface area (Å²) in [5.74, 6) is 0.796. The van der Waals surface area contributed by atoms with Gasteiger partial charge in [0.2, 0.25) is 0 Å². The molecule has 0 atom stereocenters. The van der Waals surface area contributed by atoms with Crippen molar-refractivity contribution >= 4 is 16.6 Å². The van der Waals surface area contributed by atoms with Gasteiger partial charge in [0.15, 0.2) is 0 Å². The number of hydrogen-bond donors (Lipinski definition) is 1. The molecule has 0 amide bonds. The minimum Gasteiger partial charge on any atom is -0.494 e. The summed E-state index contributed by atoms with van der Waals surface area (Å²) in [6.07, 6.45) is 0. The maximum absolute atomic E-state index is 5.48. The number of benzene rings is 2. The molecular weight excluding hydrogens is 260 g/mol. The van der Waals surface area contributed by atoms with E-state index in [9.17, 15) is 0 Å². The number of fused-ring (bicyclic) bond motifs is 1. The largest absolute Gasteiger partial charge is 0.494 e. The smallest absolute Gasteiger partial charge is 0.145 e. The van der Waals surface area contributed by atoms with Gasteiger partial charge < -0.3 is 10.1 Å². The fourth-order valence-electron chi connectivity index (χ4n) is 2.60. The molecule has 1 heterocycles. The lowest BCUT2D eigenvalue weighted by molar-refractivity contribution is 0.419. The minimum absolute atomic E-state index is 0.796. The van der Waals surface area contributed by atoms with E-state index in [4.69, 9.17) is 9.72 Å². The first-order valence-corrected chi connectivity index (χ1v) is 6.96. The van der Waals surface area contributed by atoms with Gasteiger partial charge in [-0.25, -0.2) is 4.98 Å². The summed E-state index contributed by atoms with van der Waals surface area (Å²) in [4.78, 5) is 4.82. The van der Waals surface area contributed by atoms with Crippen LogP contribution in [0, 0.1) is 6.92 Å². The van der Waals surface area contributed by atoms with Crippen LogP contribution in [0.3, 0.4) is 0 Å². The van der Waals surface area contributed by atoms with Crippen LogP contribution in [0.4, 0.5) is 5.69 Å². The first-order chi connectivity index (χ1) is 10.2. The molecular formula is C18H18N2O. The quantitative estimate of drug-likeness (QED) is 0.777. The second-order valence-corrected chi connectivity index (χ2v) is 4.98. The molecule has 0 aliphatic rings. The van der Waals surface area contributed by atoms with Crippen LogP contribution >= 0.6 is 0 Å². The standard InChI is InChI=1S/C18H18N2O/c1-12-9-10-16(21-3)18-17(12)15(19-2)11-14(20-18)13-7-5-4-6-8-13/h4-11H,1-3H3,(H,19,20). The Labute approximate surface area is 124 Å². The first kappa shape index (κ1) is 13.4. The van der Waals surface area contributed by atoms with E-state index in [0.29, 0.717) is 0 Å². The van der Waals surface area contributed by atoms with Crippen molar-refractivity contribution in [2.75, 3.05) is 19.5 Å². The Morgan fingerprint density at radius 1 is 1.05 bits per heavy atom. The van der Waals surface area contributed by atoms with E-state index < -0.39 is 0 Å². The van der Waals surface area contributed by atoms with Crippen LogP contribution in [0.15, 0.2) is 48.5 Å². The fourth-order valence-corrected chi connectivity index (χ4v) is 2.60. The molecule has 1 N–H and O–H groups in total. The molecule has 106 valence electrons. The number of hydrogen-bond acceptors (Lipinski definition) is 3. The lowest BCUT2D eigenvalue weighted by Crippen LogP contribution is -1.97. The average molecular weight is 278 g/mol. The number of methoxy groups -OCH3 is 1. The second kappa shape index (κ2) is 5.44. The Morgan fingerprint density at radius 3 is 2.48 bits per heavy atom. The Kier molecular flexibility index (Phi) is 3.48. The molecule has 1 aromatic heterocycles. The molecule has 0 fully saturated rings. The third-order valence-electron chi connectivity index (χ3n) is 3.69. The van der Waals surface area contributed by atoms with E-state index >= 15 is 0 Å². The zero-order valence-corrected chi connectivity index (χ0v) is 12.5. The van der Waals surface area contributed by atoms with Gasteiger partial charge in [-0.1, -0.05) is 36.4 Å². The monoisotopic (exact) mass is 278 g/mol. The Morgan fingerprint density at radius 2 is 1.81 bits per heavy atom. The second-order valence-electron chi connectivity index (χ2n) is 4.98. The Hall–Kier alpha value is -2.55. The van der Waals surface area contributed by atoms with E-state index in [0.717, 1.165) is 33.6 Å². The van der Waals surface area contributed by atoms with Gasteiger partial charge in [0, 0.05) is 23.7 Å². The normalized spacial score (nSPS) is 10.6.